The van der Waals surface area contributed by atoms with Crippen molar-refractivity contribution in [3.63, 3.8) is 0 Å². The zero-order chi connectivity index (χ0) is 12.8. The van der Waals surface area contributed by atoms with Gasteiger partial charge in [0.2, 0.25) is 5.91 Å². The first-order valence-corrected chi connectivity index (χ1v) is 6.09. The van der Waals surface area contributed by atoms with E-state index in [0.29, 0.717) is 0 Å². The minimum absolute atomic E-state index is 0.0468. The normalized spacial score (nSPS) is 12.2. The Balaban J connectivity index is 2.81. The van der Waals surface area contributed by atoms with Gasteiger partial charge in [0.05, 0.1) is 5.92 Å². The van der Waals surface area contributed by atoms with Crippen molar-refractivity contribution in [2.75, 3.05) is 25.5 Å². The topological polar surface area (TPSA) is 32.3 Å². The number of carbonyl (C=O) groups excluding carboxylic acids is 1. The third kappa shape index (κ3) is 3.56. The molecule has 1 N–H and O–H groups in total. The fourth-order valence-corrected chi connectivity index (χ4v) is 1.89. The van der Waals surface area contributed by atoms with Gasteiger partial charge in [-0.25, -0.2) is 0 Å². The lowest BCUT2D eigenvalue weighted by Crippen LogP contribution is -2.37. The van der Waals surface area contributed by atoms with Gasteiger partial charge < -0.3 is 10.2 Å². The molecule has 0 radical (unpaired) electrons. The fourth-order valence-electron chi connectivity index (χ4n) is 1.89. The highest BCUT2D eigenvalue weighted by atomic mass is 16.2. The first-order valence-electron chi connectivity index (χ1n) is 6.09. The molecule has 0 saturated heterocycles. The van der Waals surface area contributed by atoms with Gasteiger partial charge in [-0.1, -0.05) is 19.1 Å². The average molecular weight is 234 g/mol. The summed E-state index contributed by atoms with van der Waals surface area (Å²) in [5.41, 5.74) is 2.13. The number of hydrogen-bond acceptors (Lipinski definition) is 2. The van der Waals surface area contributed by atoms with E-state index in [9.17, 15) is 4.79 Å². The Kier molecular flexibility index (Phi) is 5.16. The van der Waals surface area contributed by atoms with Gasteiger partial charge in [0.25, 0.3) is 0 Å². The van der Waals surface area contributed by atoms with Crippen LogP contribution in [-0.2, 0) is 4.79 Å². The highest BCUT2D eigenvalue weighted by Gasteiger charge is 2.20. The zero-order valence-corrected chi connectivity index (χ0v) is 11.2. The number of carbonyl (C=O) groups is 1. The number of hydrogen-bond donors (Lipinski definition) is 1. The Bertz CT molecular complexity index is 376. The van der Waals surface area contributed by atoms with Crippen molar-refractivity contribution in [2.45, 2.75) is 20.3 Å². The van der Waals surface area contributed by atoms with Crippen molar-refractivity contribution in [1.82, 2.24) is 5.32 Å². The highest BCUT2D eigenvalue weighted by Crippen LogP contribution is 2.17. The number of rotatable bonds is 5. The molecular formula is C14H22N2O. The minimum Gasteiger partial charge on any atom is -0.319 e. The molecule has 0 spiro atoms. The van der Waals surface area contributed by atoms with Crippen molar-refractivity contribution < 1.29 is 4.79 Å². The molecule has 0 aliphatic carbocycles. The van der Waals surface area contributed by atoms with Crippen molar-refractivity contribution in [1.29, 1.82) is 0 Å². The quantitative estimate of drug-likeness (QED) is 0.847. The van der Waals surface area contributed by atoms with Crippen LogP contribution in [0.3, 0.4) is 0 Å². The highest BCUT2D eigenvalue weighted by molar-refractivity contribution is 5.94. The molecule has 1 rings (SSSR count). The van der Waals surface area contributed by atoms with E-state index in [1.165, 1.54) is 5.56 Å². The lowest BCUT2D eigenvalue weighted by molar-refractivity contribution is -0.122. The lowest BCUT2D eigenvalue weighted by atomic mass is 10.0. The minimum atomic E-state index is 0.0468. The molecule has 1 amide bonds. The van der Waals surface area contributed by atoms with Crippen LogP contribution in [0, 0.1) is 12.8 Å². The van der Waals surface area contributed by atoms with E-state index < -0.39 is 0 Å². The van der Waals surface area contributed by atoms with Crippen LogP contribution in [-0.4, -0.2) is 26.5 Å². The Morgan fingerprint density at radius 2 is 2.18 bits per heavy atom. The molecule has 1 aromatic rings. The molecular weight excluding hydrogens is 212 g/mol. The van der Waals surface area contributed by atoms with Crippen LogP contribution in [0.25, 0.3) is 0 Å². The molecule has 0 heterocycles. The number of aryl methyl sites for hydroxylation is 1. The van der Waals surface area contributed by atoms with Gasteiger partial charge in [-0.15, -0.1) is 0 Å². The molecule has 3 nitrogen and oxygen atoms in total. The number of nitrogens with one attached hydrogen (secondary N) is 1. The number of amides is 1. The second-order valence-corrected chi connectivity index (χ2v) is 4.40. The van der Waals surface area contributed by atoms with Gasteiger partial charge in [0, 0.05) is 19.3 Å². The third-order valence-electron chi connectivity index (χ3n) is 3.01. The number of anilines is 1. The van der Waals surface area contributed by atoms with Crippen LogP contribution in [0.5, 0.6) is 0 Å². The predicted molar refractivity (Wildman–Crippen MR) is 72.3 cm³/mol. The summed E-state index contributed by atoms with van der Waals surface area (Å²) in [6, 6.07) is 8.02. The van der Waals surface area contributed by atoms with Crippen LogP contribution in [0.15, 0.2) is 24.3 Å². The Hall–Kier alpha value is -1.35. The summed E-state index contributed by atoms with van der Waals surface area (Å²) in [7, 11) is 3.72. The smallest absolute Gasteiger partial charge is 0.231 e. The SMILES string of the molecule is CCC(CNC)C(=O)N(C)c1cccc(C)c1. The first kappa shape index (κ1) is 13.7. The summed E-state index contributed by atoms with van der Waals surface area (Å²) < 4.78 is 0. The van der Waals surface area contributed by atoms with Crippen molar-refractivity contribution in [3.05, 3.63) is 29.8 Å². The Morgan fingerprint density at radius 3 is 2.71 bits per heavy atom. The van der Waals surface area contributed by atoms with E-state index in [1.807, 2.05) is 52.2 Å². The molecule has 1 atom stereocenters. The zero-order valence-electron chi connectivity index (χ0n) is 11.2. The van der Waals surface area contributed by atoms with Crippen LogP contribution in [0.2, 0.25) is 0 Å². The van der Waals surface area contributed by atoms with E-state index in [-0.39, 0.29) is 11.8 Å². The van der Waals surface area contributed by atoms with Crippen LogP contribution in [0.4, 0.5) is 5.69 Å². The largest absolute Gasteiger partial charge is 0.319 e. The van der Waals surface area contributed by atoms with Gasteiger partial charge in [-0.2, -0.15) is 0 Å². The molecule has 3 heteroatoms. The second-order valence-electron chi connectivity index (χ2n) is 4.40. The summed E-state index contributed by atoms with van der Waals surface area (Å²) in [6.45, 7) is 4.81. The van der Waals surface area contributed by atoms with Crippen molar-refractivity contribution in [2.24, 2.45) is 5.92 Å². The summed E-state index contributed by atoms with van der Waals surface area (Å²) in [5, 5.41) is 3.07. The van der Waals surface area contributed by atoms with Gasteiger partial charge in [0.1, 0.15) is 0 Å². The van der Waals surface area contributed by atoms with Crippen LogP contribution < -0.4 is 10.2 Å². The molecule has 0 saturated carbocycles. The monoisotopic (exact) mass is 234 g/mol. The first-order chi connectivity index (χ1) is 8.10. The number of benzene rings is 1. The fraction of sp³-hybridized carbons (Fsp3) is 0.500. The van der Waals surface area contributed by atoms with E-state index >= 15 is 0 Å². The Labute approximate surface area is 104 Å². The van der Waals surface area contributed by atoms with Gasteiger partial charge in [-0.3, -0.25) is 4.79 Å². The second kappa shape index (κ2) is 6.40. The summed E-state index contributed by atoms with van der Waals surface area (Å²) >= 11 is 0. The van der Waals surface area contributed by atoms with Crippen LogP contribution >= 0.6 is 0 Å². The molecule has 1 aromatic carbocycles. The van der Waals surface area contributed by atoms with Crippen molar-refractivity contribution in [3.8, 4) is 0 Å². The van der Waals surface area contributed by atoms with Crippen molar-refractivity contribution >= 4 is 11.6 Å². The summed E-state index contributed by atoms with van der Waals surface area (Å²) in [6.07, 6.45) is 0.857. The maximum Gasteiger partial charge on any atom is 0.231 e. The molecule has 0 aromatic heterocycles. The molecule has 0 bridgehead atoms. The van der Waals surface area contributed by atoms with Gasteiger partial charge in [-0.05, 0) is 38.1 Å². The van der Waals surface area contributed by atoms with Gasteiger partial charge >= 0.3 is 0 Å². The van der Waals surface area contributed by atoms with Crippen LogP contribution in [0.1, 0.15) is 18.9 Å². The van der Waals surface area contributed by atoms with E-state index in [0.717, 1.165) is 18.7 Å². The maximum atomic E-state index is 12.3. The maximum absolute atomic E-state index is 12.3. The van der Waals surface area contributed by atoms with E-state index in [1.54, 1.807) is 4.90 Å². The molecule has 1 unspecified atom stereocenters. The Morgan fingerprint density at radius 1 is 1.47 bits per heavy atom. The molecule has 0 fully saturated rings. The molecule has 94 valence electrons. The third-order valence-corrected chi connectivity index (χ3v) is 3.01. The lowest BCUT2D eigenvalue weighted by Gasteiger charge is -2.23. The van der Waals surface area contributed by atoms with E-state index in [4.69, 9.17) is 0 Å². The molecule has 0 aliphatic rings. The summed E-state index contributed by atoms with van der Waals surface area (Å²) in [4.78, 5) is 14.0. The van der Waals surface area contributed by atoms with E-state index in [2.05, 4.69) is 5.32 Å². The molecule has 17 heavy (non-hydrogen) atoms. The number of nitrogens with zero attached hydrogens (tertiary/aromatic N) is 1. The standard InChI is InChI=1S/C14H22N2O/c1-5-12(10-15-3)14(17)16(4)13-8-6-7-11(2)9-13/h6-9,12,15H,5,10H2,1-4H3. The average Bonchev–Trinajstić information content (AvgIpc) is 2.34. The summed E-state index contributed by atoms with van der Waals surface area (Å²) in [5.74, 6) is 0.220. The predicted octanol–water partition coefficient (Wildman–Crippen LogP) is 2.20. The van der Waals surface area contributed by atoms with Gasteiger partial charge in [0.15, 0.2) is 0 Å². The molecule has 0 aliphatic heterocycles.